The Morgan fingerprint density at radius 1 is 0.939 bits per heavy atom. The van der Waals surface area contributed by atoms with Crippen molar-refractivity contribution in [1.82, 2.24) is 4.31 Å². The van der Waals surface area contributed by atoms with E-state index in [2.05, 4.69) is 5.32 Å². The summed E-state index contributed by atoms with van der Waals surface area (Å²) in [5, 5.41) is 2.83. The van der Waals surface area contributed by atoms with Gasteiger partial charge in [-0.05, 0) is 36.1 Å². The van der Waals surface area contributed by atoms with Gasteiger partial charge in [0, 0.05) is 17.5 Å². The fourth-order valence-corrected chi connectivity index (χ4v) is 5.19. The van der Waals surface area contributed by atoms with E-state index in [-0.39, 0.29) is 23.7 Å². The van der Waals surface area contributed by atoms with Crippen LogP contribution >= 0.6 is 11.8 Å². The van der Waals surface area contributed by atoms with E-state index in [4.69, 9.17) is 9.47 Å². The summed E-state index contributed by atoms with van der Waals surface area (Å²) in [6.07, 6.45) is 1.91. The Morgan fingerprint density at radius 2 is 1.61 bits per heavy atom. The summed E-state index contributed by atoms with van der Waals surface area (Å²) >= 11 is 1.50. The molecule has 0 aliphatic rings. The van der Waals surface area contributed by atoms with Crippen LogP contribution in [-0.4, -0.2) is 45.7 Å². The monoisotopic (exact) mass is 486 g/mol. The first kappa shape index (κ1) is 24.6. The predicted octanol–water partition coefficient (Wildman–Crippen LogP) is 4.26. The number of para-hydroxylation sites is 1. The summed E-state index contributed by atoms with van der Waals surface area (Å²) in [6, 6.07) is 20.9. The van der Waals surface area contributed by atoms with Gasteiger partial charge in [-0.15, -0.1) is 11.8 Å². The zero-order valence-corrected chi connectivity index (χ0v) is 20.3. The Bertz CT molecular complexity index is 1200. The molecule has 0 spiro atoms. The van der Waals surface area contributed by atoms with Crippen molar-refractivity contribution in [1.29, 1.82) is 0 Å². The summed E-state index contributed by atoms with van der Waals surface area (Å²) in [6.45, 7) is -0.316. The highest BCUT2D eigenvalue weighted by molar-refractivity contribution is 7.98. The van der Waals surface area contributed by atoms with E-state index in [0.717, 1.165) is 14.8 Å². The van der Waals surface area contributed by atoms with E-state index in [1.165, 1.54) is 44.2 Å². The minimum absolute atomic E-state index is 0.00777. The molecule has 33 heavy (non-hydrogen) atoms. The third-order valence-electron chi connectivity index (χ3n) is 4.90. The predicted molar refractivity (Wildman–Crippen MR) is 130 cm³/mol. The first-order valence-corrected chi connectivity index (χ1v) is 12.7. The Balaban J connectivity index is 1.93. The third-order valence-corrected chi connectivity index (χ3v) is 7.48. The first-order valence-electron chi connectivity index (χ1n) is 10.1. The Labute approximate surface area is 198 Å². The number of hydrogen-bond acceptors (Lipinski definition) is 6. The van der Waals surface area contributed by atoms with Gasteiger partial charge in [-0.25, -0.2) is 8.42 Å². The summed E-state index contributed by atoms with van der Waals surface area (Å²) in [5.74, 6) is 0.269. The number of anilines is 1. The number of rotatable bonds is 10. The van der Waals surface area contributed by atoms with Gasteiger partial charge in [0.2, 0.25) is 15.9 Å². The maximum absolute atomic E-state index is 13.6. The van der Waals surface area contributed by atoms with Crippen LogP contribution < -0.4 is 14.8 Å². The van der Waals surface area contributed by atoms with Crippen molar-refractivity contribution in [2.24, 2.45) is 0 Å². The van der Waals surface area contributed by atoms with Gasteiger partial charge in [0.15, 0.2) is 11.5 Å². The second-order valence-electron chi connectivity index (χ2n) is 7.02. The molecule has 9 heteroatoms. The molecule has 0 aromatic heterocycles. The zero-order chi connectivity index (χ0) is 23.8. The number of methoxy groups -OCH3 is 2. The molecule has 0 aliphatic heterocycles. The average Bonchev–Trinajstić information content (AvgIpc) is 2.84. The highest BCUT2D eigenvalue weighted by atomic mass is 32.2. The summed E-state index contributed by atoms with van der Waals surface area (Å²) in [4.78, 5) is 13.8. The van der Waals surface area contributed by atoms with Crippen LogP contribution in [0.15, 0.2) is 82.6 Å². The third kappa shape index (κ3) is 6.07. The maximum Gasteiger partial charge on any atom is 0.243 e. The van der Waals surface area contributed by atoms with Crippen molar-refractivity contribution in [3.05, 3.63) is 78.4 Å². The molecule has 0 heterocycles. The van der Waals surface area contributed by atoms with Gasteiger partial charge in [0.25, 0.3) is 0 Å². The number of amides is 1. The minimum Gasteiger partial charge on any atom is -0.493 e. The van der Waals surface area contributed by atoms with Gasteiger partial charge >= 0.3 is 0 Å². The number of nitrogens with one attached hydrogen (secondary N) is 1. The second-order valence-corrected chi connectivity index (χ2v) is 9.81. The SMILES string of the molecule is COc1ccc(S(=O)(=O)N(CC(=O)Nc2ccccc2SC)Cc2ccccc2)cc1OC. The smallest absolute Gasteiger partial charge is 0.243 e. The molecular weight excluding hydrogens is 460 g/mol. The van der Waals surface area contributed by atoms with Gasteiger partial charge in [-0.2, -0.15) is 4.31 Å². The Morgan fingerprint density at radius 3 is 2.27 bits per heavy atom. The maximum atomic E-state index is 13.6. The largest absolute Gasteiger partial charge is 0.493 e. The van der Waals surface area contributed by atoms with Crippen molar-refractivity contribution < 1.29 is 22.7 Å². The first-order chi connectivity index (χ1) is 15.9. The van der Waals surface area contributed by atoms with Crippen molar-refractivity contribution in [2.75, 3.05) is 32.3 Å². The van der Waals surface area contributed by atoms with E-state index >= 15 is 0 Å². The lowest BCUT2D eigenvalue weighted by molar-refractivity contribution is -0.116. The highest BCUT2D eigenvalue weighted by Crippen LogP contribution is 2.31. The lowest BCUT2D eigenvalue weighted by Gasteiger charge is -2.23. The van der Waals surface area contributed by atoms with Crippen molar-refractivity contribution >= 4 is 33.4 Å². The Kier molecular flexibility index (Phi) is 8.37. The molecule has 0 bridgehead atoms. The molecule has 0 aliphatic carbocycles. The van der Waals surface area contributed by atoms with E-state index in [1.807, 2.05) is 54.8 Å². The molecule has 0 saturated carbocycles. The molecule has 174 valence electrons. The molecule has 0 saturated heterocycles. The molecule has 1 amide bonds. The molecule has 3 aromatic rings. The molecule has 3 aromatic carbocycles. The lowest BCUT2D eigenvalue weighted by atomic mass is 10.2. The summed E-state index contributed by atoms with van der Waals surface area (Å²) in [7, 11) is -1.11. The summed E-state index contributed by atoms with van der Waals surface area (Å²) in [5.41, 5.74) is 1.40. The summed E-state index contributed by atoms with van der Waals surface area (Å²) < 4.78 is 38.8. The number of benzene rings is 3. The van der Waals surface area contributed by atoms with Gasteiger partial charge < -0.3 is 14.8 Å². The van der Waals surface area contributed by atoms with Crippen molar-refractivity contribution in [3.8, 4) is 11.5 Å². The van der Waals surface area contributed by atoms with Crippen LogP contribution in [0.3, 0.4) is 0 Å². The number of thioether (sulfide) groups is 1. The van der Waals surface area contributed by atoms with Gasteiger partial charge in [0.1, 0.15) is 0 Å². The van der Waals surface area contributed by atoms with Gasteiger partial charge in [0.05, 0.1) is 31.3 Å². The molecule has 0 fully saturated rings. The minimum atomic E-state index is -4.03. The number of sulfonamides is 1. The number of ether oxygens (including phenoxy) is 2. The fraction of sp³-hybridized carbons (Fsp3) is 0.208. The van der Waals surface area contributed by atoms with Crippen LogP contribution in [-0.2, 0) is 21.4 Å². The van der Waals surface area contributed by atoms with E-state index in [0.29, 0.717) is 11.4 Å². The second kappa shape index (κ2) is 11.2. The highest BCUT2D eigenvalue weighted by Gasteiger charge is 2.28. The van der Waals surface area contributed by atoms with E-state index < -0.39 is 15.9 Å². The molecule has 3 rings (SSSR count). The van der Waals surface area contributed by atoms with Crippen molar-refractivity contribution in [3.63, 3.8) is 0 Å². The molecule has 1 N–H and O–H groups in total. The van der Waals surface area contributed by atoms with Crippen LogP contribution in [0.2, 0.25) is 0 Å². The fourth-order valence-electron chi connectivity index (χ4n) is 3.24. The van der Waals surface area contributed by atoms with Gasteiger partial charge in [-0.3, -0.25) is 4.79 Å². The zero-order valence-electron chi connectivity index (χ0n) is 18.6. The number of carbonyl (C=O) groups is 1. The van der Waals surface area contributed by atoms with Crippen LogP contribution in [0.4, 0.5) is 5.69 Å². The van der Waals surface area contributed by atoms with Gasteiger partial charge in [-0.1, -0.05) is 42.5 Å². The van der Waals surface area contributed by atoms with Crippen molar-refractivity contribution in [2.45, 2.75) is 16.3 Å². The topological polar surface area (TPSA) is 84.9 Å². The molecular formula is C24H26N2O5S2. The van der Waals surface area contributed by atoms with E-state index in [9.17, 15) is 13.2 Å². The number of carbonyl (C=O) groups excluding carboxylic acids is 1. The molecule has 0 radical (unpaired) electrons. The normalized spacial score (nSPS) is 11.3. The lowest BCUT2D eigenvalue weighted by Crippen LogP contribution is -2.37. The van der Waals surface area contributed by atoms with Crippen LogP contribution in [0.5, 0.6) is 11.5 Å². The standard InChI is InChI=1S/C24H26N2O5S2/c1-30-21-14-13-19(15-22(21)31-2)33(28,29)26(16-18-9-5-4-6-10-18)17-24(27)25-20-11-7-8-12-23(20)32-3/h4-15H,16-17H2,1-3H3,(H,25,27). The van der Waals surface area contributed by atoms with Crippen LogP contribution in [0.25, 0.3) is 0 Å². The quantitative estimate of drug-likeness (QED) is 0.431. The van der Waals surface area contributed by atoms with Crippen LogP contribution in [0.1, 0.15) is 5.56 Å². The number of nitrogens with zero attached hydrogens (tertiary/aromatic N) is 1. The average molecular weight is 487 g/mol. The molecule has 0 atom stereocenters. The number of hydrogen-bond donors (Lipinski definition) is 1. The molecule has 7 nitrogen and oxygen atoms in total. The van der Waals surface area contributed by atoms with E-state index in [1.54, 1.807) is 6.07 Å². The Hall–Kier alpha value is -3.01. The molecule has 0 unspecified atom stereocenters. The van der Waals surface area contributed by atoms with Crippen LogP contribution in [0, 0.1) is 0 Å².